The molecular weight excluding hydrogens is 200 g/mol. The average Bonchev–Trinajstić information content (AvgIpc) is 2.27. The Bertz CT molecular complexity index is 629. The van der Waals surface area contributed by atoms with Gasteiger partial charge in [0.05, 0.1) is 17.6 Å². The van der Waals surface area contributed by atoms with Crippen LogP contribution in [0.5, 0.6) is 0 Å². The average molecular weight is 210 g/mol. The minimum Gasteiger partial charge on any atom is -0.402 e. The maximum atomic E-state index is 11.8. The van der Waals surface area contributed by atoms with Gasteiger partial charge in [-0.25, -0.2) is 4.98 Å². The first kappa shape index (κ1) is 9.09. The van der Waals surface area contributed by atoms with Gasteiger partial charge in [-0.2, -0.15) is 0 Å². The fourth-order valence-corrected chi connectivity index (χ4v) is 1.97. The number of benzene rings is 1. The molecular formula is C13H10N2O. The van der Waals surface area contributed by atoms with E-state index in [4.69, 9.17) is 5.73 Å². The Labute approximate surface area is 92.6 Å². The molecule has 16 heavy (non-hydrogen) atoms. The van der Waals surface area contributed by atoms with Gasteiger partial charge in [0, 0.05) is 16.6 Å². The monoisotopic (exact) mass is 210 g/mol. The predicted octanol–water partition coefficient (Wildman–Crippen LogP) is 2.12. The summed E-state index contributed by atoms with van der Waals surface area (Å²) >= 11 is 0. The Morgan fingerprint density at radius 3 is 2.94 bits per heavy atom. The molecule has 0 bridgehead atoms. The molecule has 0 radical (unpaired) electrons. The summed E-state index contributed by atoms with van der Waals surface area (Å²) in [7, 11) is 0. The number of aromatic nitrogens is 1. The normalized spacial score (nSPS) is 14.8. The van der Waals surface area contributed by atoms with Crippen molar-refractivity contribution in [3.8, 4) is 0 Å². The van der Waals surface area contributed by atoms with Crippen molar-refractivity contribution in [3.05, 3.63) is 47.3 Å². The van der Waals surface area contributed by atoms with Crippen LogP contribution < -0.4 is 5.73 Å². The van der Waals surface area contributed by atoms with E-state index >= 15 is 0 Å². The number of nitrogens with two attached hydrogens (primary N) is 1. The number of allylic oxidation sites excluding steroid dienone is 1. The molecule has 0 amide bonds. The van der Waals surface area contributed by atoms with Crippen LogP contribution >= 0.6 is 0 Å². The van der Waals surface area contributed by atoms with Gasteiger partial charge in [0.1, 0.15) is 0 Å². The number of nitrogens with zero attached hydrogens (tertiary/aromatic N) is 1. The Kier molecular flexibility index (Phi) is 1.80. The highest BCUT2D eigenvalue weighted by atomic mass is 16.1. The topological polar surface area (TPSA) is 56.0 Å². The summed E-state index contributed by atoms with van der Waals surface area (Å²) in [5.74, 6) is 0.0493. The van der Waals surface area contributed by atoms with Gasteiger partial charge in [0.25, 0.3) is 0 Å². The number of hydrogen-bond acceptors (Lipinski definition) is 3. The Morgan fingerprint density at radius 2 is 2.06 bits per heavy atom. The van der Waals surface area contributed by atoms with Crippen molar-refractivity contribution in [1.29, 1.82) is 0 Å². The molecule has 0 atom stereocenters. The highest BCUT2D eigenvalue weighted by Gasteiger charge is 2.18. The summed E-state index contributed by atoms with van der Waals surface area (Å²) in [6, 6.07) is 9.65. The number of carbonyl (C=O) groups is 1. The predicted molar refractivity (Wildman–Crippen MR) is 62.9 cm³/mol. The SMILES string of the molecule is NC1=Cc2nc3ccccc3cc2C(=O)C1. The number of ketones is 1. The zero-order valence-corrected chi connectivity index (χ0v) is 8.60. The molecule has 1 aromatic heterocycles. The lowest BCUT2D eigenvalue weighted by Crippen LogP contribution is -2.14. The van der Waals surface area contributed by atoms with Crippen LogP contribution in [0.4, 0.5) is 0 Å². The molecule has 0 spiro atoms. The largest absolute Gasteiger partial charge is 0.402 e. The standard InChI is InChI=1S/C13H10N2O/c14-9-6-12-10(13(16)7-9)5-8-3-1-2-4-11(8)15-12/h1-6H,7,14H2. The smallest absolute Gasteiger partial charge is 0.170 e. The second kappa shape index (κ2) is 3.17. The van der Waals surface area contributed by atoms with Crippen molar-refractivity contribution < 1.29 is 4.79 Å². The quantitative estimate of drug-likeness (QED) is 0.724. The van der Waals surface area contributed by atoms with Crippen molar-refractivity contribution in [2.45, 2.75) is 6.42 Å². The van der Waals surface area contributed by atoms with Crippen LogP contribution in [0.15, 0.2) is 36.0 Å². The number of carbonyl (C=O) groups excluding carboxylic acids is 1. The van der Waals surface area contributed by atoms with Crippen molar-refractivity contribution in [2.75, 3.05) is 0 Å². The summed E-state index contributed by atoms with van der Waals surface area (Å²) in [5.41, 5.74) is 8.52. The lowest BCUT2D eigenvalue weighted by molar-refractivity contribution is 0.0991. The van der Waals surface area contributed by atoms with Crippen molar-refractivity contribution in [1.82, 2.24) is 4.98 Å². The maximum absolute atomic E-state index is 11.8. The minimum absolute atomic E-state index is 0.0493. The number of hydrogen-bond donors (Lipinski definition) is 1. The van der Waals surface area contributed by atoms with Gasteiger partial charge in [-0.3, -0.25) is 4.79 Å². The second-order valence-corrected chi connectivity index (χ2v) is 3.93. The van der Waals surface area contributed by atoms with Gasteiger partial charge in [-0.05, 0) is 18.2 Å². The Hall–Kier alpha value is -2.16. The highest BCUT2D eigenvalue weighted by Crippen LogP contribution is 2.23. The summed E-state index contributed by atoms with van der Waals surface area (Å²) in [4.78, 5) is 16.2. The number of pyridine rings is 1. The van der Waals surface area contributed by atoms with Gasteiger partial charge < -0.3 is 5.73 Å². The van der Waals surface area contributed by atoms with E-state index in [9.17, 15) is 4.79 Å². The van der Waals surface area contributed by atoms with Gasteiger partial charge in [0.15, 0.2) is 5.78 Å². The summed E-state index contributed by atoms with van der Waals surface area (Å²) in [6.45, 7) is 0. The molecule has 78 valence electrons. The lowest BCUT2D eigenvalue weighted by atomic mass is 9.97. The highest BCUT2D eigenvalue weighted by molar-refractivity contribution is 6.05. The number of para-hydroxylation sites is 1. The molecule has 1 heterocycles. The van der Waals surface area contributed by atoms with E-state index in [1.807, 2.05) is 30.3 Å². The van der Waals surface area contributed by atoms with Crippen molar-refractivity contribution in [2.24, 2.45) is 5.73 Å². The first-order valence-electron chi connectivity index (χ1n) is 5.13. The van der Waals surface area contributed by atoms with Gasteiger partial charge in [0.2, 0.25) is 0 Å². The fraction of sp³-hybridized carbons (Fsp3) is 0.0769. The molecule has 0 saturated heterocycles. The number of Topliss-reactive ketones (excluding diaryl/α,β-unsaturated/α-hetero) is 1. The van der Waals surface area contributed by atoms with E-state index in [1.165, 1.54) is 0 Å². The Balaban J connectivity index is 2.35. The molecule has 1 aromatic carbocycles. The number of fused-ring (bicyclic) bond motifs is 2. The molecule has 1 aliphatic rings. The van der Waals surface area contributed by atoms with Crippen LogP contribution in [0.2, 0.25) is 0 Å². The number of rotatable bonds is 0. The fourth-order valence-electron chi connectivity index (χ4n) is 1.97. The molecule has 2 N–H and O–H groups in total. The molecule has 0 aliphatic heterocycles. The molecule has 0 fully saturated rings. The molecule has 3 rings (SSSR count). The Morgan fingerprint density at radius 1 is 1.25 bits per heavy atom. The third-order valence-electron chi connectivity index (χ3n) is 2.74. The van der Waals surface area contributed by atoms with Gasteiger partial charge in [-0.15, -0.1) is 0 Å². The molecule has 0 unspecified atom stereocenters. The zero-order valence-electron chi connectivity index (χ0n) is 8.60. The second-order valence-electron chi connectivity index (χ2n) is 3.93. The summed E-state index contributed by atoms with van der Waals surface area (Å²) < 4.78 is 0. The molecule has 3 nitrogen and oxygen atoms in total. The molecule has 0 saturated carbocycles. The van der Waals surface area contributed by atoms with E-state index < -0.39 is 0 Å². The first-order valence-corrected chi connectivity index (χ1v) is 5.13. The molecule has 2 aromatic rings. The van der Waals surface area contributed by atoms with Crippen molar-refractivity contribution >= 4 is 22.8 Å². The van der Waals surface area contributed by atoms with E-state index in [1.54, 1.807) is 6.08 Å². The molecule has 3 heteroatoms. The zero-order chi connectivity index (χ0) is 11.1. The van der Waals surface area contributed by atoms with Crippen LogP contribution in [0.3, 0.4) is 0 Å². The van der Waals surface area contributed by atoms with E-state index in [0.717, 1.165) is 10.9 Å². The molecule has 1 aliphatic carbocycles. The van der Waals surface area contributed by atoms with Crippen LogP contribution in [0, 0.1) is 0 Å². The van der Waals surface area contributed by atoms with E-state index in [2.05, 4.69) is 4.98 Å². The van der Waals surface area contributed by atoms with Crippen LogP contribution in [-0.2, 0) is 0 Å². The lowest BCUT2D eigenvalue weighted by Gasteiger charge is -2.12. The first-order chi connectivity index (χ1) is 7.74. The third kappa shape index (κ3) is 1.29. The maximum Gasteiger partial charge on any atom is 0.170 e. The summed E-state index contributed by atoms with van der Waals surface area (Å²) in [5, 5.41) is 0.989. The van der Waals surface area contributed by atoms with Gasteiger partial charge in [-0.1, -0.05) is 18.2 Å². The van der Waals surface area contributed by atoms with E-state index in [-0.39, 0.29) is 5.78 Å². The van der Waals surface area contributed by atoms with Crippen molar-refractivity contribution in [3.63, 3.8) is 0 Å². The van der Waals surface area contributed by atoms with Gasteiger partial charge >= 0.3 is 0 Å². The van der Waals surface area contributed by atoms with Crippen LogP contribution in [0.1, 0.15) is 22.5 Å². The van der Waals surface area contributed by atoms with Crippen LogP contribution in [-0.4, -0.2) is 10.8 Å². The summed E-state index contributed by atoms with van der Waals surface area (Å²) in [6.07, 6.45) is 2.08. The van der Waals surface area contributed by atoms with E-state index in [0.29, 0.717) is 23.4 Å². The van der Waals surface area contributed by atoms with Crippen LogP contribution in [0.25, 0.3) is 17.0 Å². The minimum atomic E-state index is 0.0493. The third-order valence-corrected chi connectivity index (χ3v) is 2.74.